The summed E-state index contributed by atoms with van der Waals surface area (Å²) in [6, 6.07) is 0. The Balaban J connectivity index is 2.15. The summed E-state index contributed by atoms with van der Waals surface area (Å²) in [4.78, 5) is 1.55. The van der Waals surface area contributed by atoms with Crippen LogP contribution in [0.25, 0.3) is 0 Å². The molecule has 2 bridgehead atoms. The third-order valence-corrected chi connectivity index (χ3v) is 6.06. The van der Waals surface area contributed by atoms with Crippen LogP contribution in [0.4, 0.5) is 0 Å². The number of hydrogen-bond acceptors (Lipinski definition) is 0. The first kappa shape index (κ1) is 6.66. The van der Waals surface area contributed by atoms with Gasteiger partial charge in [0.15, 0.2) is 0 Å². The van der Waals surface area contributed by atoms with Gasteiger partial charge in [-0.05, 0) is 31.1 Å². The molecule has 2 rings (SSSR count). The van der Waals surface area contributed by atoms with Crippen LogP contribution in [0, 0.1) is 11.8 Å². The molecule has 0 aliphatic heterocycles. The fourth-order valence-electron chi connectivity index (χ4n) is 2.15. The van der Waals surface area contributed by atoms with Gasteiger partial charge in [-0.25, -0.2) is 0 Å². The third-order valence-electron chi connectivity index (χ3n) is 2.72. The van der Waals surface area contributed by atoms with Gasteiger partial charge in [0.1, 0.15) is 0 Å². The molecule has 9 heavy (non-hydrogen) atoms. The van der Waals surface area contributed by atoms with Gasteiger partial charge in [-0.1, -0.05) is 31.9 Å². The summed E-state index contributed by atoms with van der Waals surface area (Å²) in [6.07, 6.45) is 4.39. The Kier molecular flexibility index (Phi) is 1.65. The molecule has 0 spiro atoms. The van der Waals surface area contributed by atoms with E-state index in [4.69, 9.17) is 0 Å². The van der Waals surface area contributed by atoms with Gasteiger partial charge in [0, 0.05) is 9.65 Å². The Hall–Kier alpha value is 0.960. The molecule has 0 amide bonds. The van der Waals surface area contributed by atoms with Crippen molar-refractivity contribution in [3.63, 3.8) is 0 Å². The molecule has 2 aliphatic rings. The Morgan fingerprint density at radius 3 is 1.56 bits per heavy atom. The lowest BCUT2D eigenvalue weighted by Crippen LogP contribution is -2.21. The van der Waals surface area contributed by atoms with E-state index in [9.17, 15) is 0 Å². The Morgan fingerprint density at radius 1 is 0.889 bits per heavy atom. The van der Waals surface area contributed by atoms with E-state index in [2.05, 4.69) is 31.9 Å². The summed E-state index contributed by atoms with van der Waals surface area (Å²) < 4.78 is 0. The quantitative estimate of drug-likeness (QED) is 0.583. The van der Waals surface area contributed by atoms with Crippen LogP contribution in [-0.4, -0.2) is 9.65 Å². The van der Waals surface area contributed by atoms with Crippen molar-refractivity contribution in [3.8, 4) is 0 Å². The fraction of sp³-hybridized carbons (Fsp3) is 1.00. The molecule has 0 saturated heterocycles. The fourth-order valence-corrected chi connectivity index (χ4v) is 3.97. The molecule has 0 N–H and O–H groups in total. The third kappa shape index (κ3) is 0.900. The number of alkyl halides is 2. The lowest BCUT2D eigenvalue weighted by molar-refractivity contribution is 0.514. The number of hydrogen-bond donors (Lipinski definition) is 0. The summed E-state index contributed by atoms with van der Waals surface area (Å²) in [7, 11) is 0. The lowest BCUT2D eigenvalue weighted by atomic mass is 10.0. The number of fused-ring (bicyclic) bond motifs is 2. The Labute approximate surface area is 72.7 Å². The van der Waals surface area contributed by atoms with E-state index in [0.717, 1.165) is 21.5 Å². The van der Waals surface area contributed by atoms with Gasteiger partial charge in [-0.15, -0.1) is 0 Å². The first-order valence-electron chi connectivity index (χ1n) is 3.57. The predicted molar refractivity (Wildman–Crippen MR) is 46.3 cm³/mol. The molecule has 52 valence electrons. The van der Waals surface area contributed by atoms with Gasteiger partial charge in [-0.3, -0.25) is 0 Å². The highest BCUT2D eigenvalue weighted by Crippen LogP contribution is 2.50. The van der Waals surface area contributed by atoms with Crippen LogP contribution >= 0.6 is 31.9 Å². The molecular formula is C7H10Br2. The molecule has 0 nitrogen and oxygen atoms in total. The molecule has 0 aromatic carbocycles. The molecule has 2 saturated carbocycles. The number of halogens is 2. The SMILES string of the molecule is Br[C@@H]1[C@@H]2CC[C@@H](C2)[C@H]1Br. The highest BCUT2D eigenvalue weighted by Gasteiger charge is 2.44. The minimum Gasteiger partial charge on any atom is -0.0875 e. The predicted octanol–water partition coefficient (Wildman–Crippen LogP) is 2.94. The minimum atomic E-state index is 0.774. The van der Waals surface area contributed by atoms with Crippen molar-refractivity contribution in [1.29, 1.82) is 0 Å². The topological polar surface area (TPSA) is 0 Å². The molecule has 0 unspecified atom stereocenters. The van der Waals surface area contributed by atoms with Gasteiger partial charge in [0.25, 0.3) is 0 Å². The van der Waals surface area contributed by atoms with Gasteiger partial charge < -0.3 is 0 Å². The first-order valence-corrected chi connectivity index (χ1v) is 5.40. The highest BCUT2D eigenvalue weighted by molar-refractivity contribution is 9.12. The normalized spacial score (nSPS) is 56.7. The van der Waals surface area contributed by atoms with Crippen molar-refractivity contribution in [2.24, 2.45) is 11.8 Å². The lowest BCUT2D eigenvalue weighted by Gasteiger charge is -2.20. The van der Waals surface area contributed by atoms with Gasteiger partial charge in [0.2, 0.25) is 0 Å². The molecule has 0 aromatic heterocycles. The second-order valence-electron chi connectivity index (χ2n) is 3.22. The molecule has 0 radical (unpaired) electrons. The number of rotatable bonds is 0. The minimum absolute atomic E-state index is 0.774. The molecular weight excluding hydrogens is 244 g/mol. The average Bonchev–Trinajstić information content (AvgIpc) is 2.37. The maximum absolute atomic E-state index is 3.71. The van der Waals surface area contributed by atoms with E-state index in [1.807, 2.05) is 0 Å². The van der Waals surface area contributed by atoms with E-state index >= 15 is 0 Å². The van der Waals surface area contributed by atoms with E-state index in [1.54, 1.807) is 0 Å². The van der Waals surface area contributed by atoms with Gasteiger partial charge >= 0.3 is 0 Å². The molecule has 0 heterocycles. The average molecular weight is 254 g/mol. The van der Waals surface area contributed by atoms with Crippen LogP contribution in [0.15, 0.2) is 0 Å². The molecule has 2 heteroatoms. The maximum atomic E-state index is 3.71. The molecule has 4 atom stereocenters. The maximum Gasteiger partial charge on any atom is 0.0302 e. The largest absolute Gasteiger partial charge is 0.0875 e. The Bertz CT molecular complexity index is 106. The van der Waals surface area contributed by atoms with E-state index in [-0.39, 0.29) is 0 Å². The second kappa shape index (κ2) is 2.23. The monoisotopic (exact) mass is 252 g/mol. The van der Waals surface area contributed by atoms with Crippen LogP contribution in [0.3, 0.4) is 0 Å². The highest BCUT2D eigenvalue weighted by atomic mass is 79.9. The Morgan fingerprint density at radius 2 is 1.33 bits per heavy atom. The zero-order chi connectivity index (χ0) is 6.43. The second-order valence-corrected chi connectivity index (χ2v) is 5.34. The summed E-state index contributed by atoms with van der Waals surface area (Å²) >= 11 is 7.43. The van der Waals surface area contributed by atoms with Crippen molar-refractivity contribution >= 4 is 31.9 Å². The van der Waals surface area contributed by atoms with Gasteiger partial charge in [-0.2, -0.15) is 0 Å². The zero-order valence-corrected chi connectivity index (χ0v) is 8.36. The first-order chi connectivity index (χ1) is 4.29. The standard InChI is InChI=1S/C7H10Br2/c8-6-4-1-2-5(3-4)7(6)9/h4-7H,1-3H2/t4-,5+,6-,7-/m1/s1. The summed E-state index contributed by atoms with van der Waals surface area (Å²) in [5.41, 5.74) is 0. The molecule has 2 fully saturated rings. The van der Waals surface area contributed by atoms with Crippen LogP contribution in [0.1, 0.15) is 19.3 Å². The van der Waals surface area contributed by atoms with Crippen LogP contribution in [-0.2, 0) is 0 Å². The molecule has 2 aliphatic carbocycles. The van der Waals surface area contributed by atoms with Crippen molar-refractivity contribution in [3.05, 3.63) is 0 Å². The molecule has 0 aromatic rings. The van der Waals surface area contributed by atoms with Gasteiger partial charge in [0.05, 0.1) is 0 Å². The summed E-state index contributed by atoms with van der Waals surface area (Å²) in [6.45, 7) is 0. The van der Waals surface area contributed by atoms with E-state index in [0.29, 0.717) is 0 Å². The zero-order valence-electron chi connectivity index (χ0n) is 5.19. The van der Waals surface area contributed by atoms with Crippen LogP contribution < -0.4 is 0 Å². The summed E-state index contributed by atoms with van der Waals surface area (Å²) in [5.74, 6) is 1.97. The van der Waals surface area contributed by atoms with Crippen LogP contribution in [0.5, 0.6) is 0 Å². The van der Waals surface area contributed by atoms with Crippen molar-refractivity contribution in [1.82, 2.24) is 0 Å². The smallest absolute Gasteiger partial charge is 0.0302 e. The van der Waals surface area contributed by atoms with E-state index in [1.165, 1.54) is 19.3 Å². The van der Waals surface area contributed by atoms with Crippen molar-refractivity contribution < 1.29 is 0 Å². The van der Waals surface area contributed by atoms with Crippen molar-refractivity contribution in [2.75, 3.05) is 0 Å². The van der Waals surface area contributed by atoms with Crippen molar-refractivity contribution in [2.45, 2.75) is 28.9 Å². The van der Waals surface area contributed by atoms with Crippen LogP contribution in [0.2, 0.25) is 0 Å². The summed E-state index contributed by atoms with van der Waals surface area (Å²) in [5, 5.41) is 0. The van der Waals surface area contributed by atoms with E-state index < -0.39 is 0 Å².